The zero-order chi connectivity index (χ0) is 99.1. The lowest BCUT2D eigenvalue weighted by molar-refractivity contribution is 0.0897. The van der Waals surface area contributed by atoms with Crippen LogP contribution in [0.15, 0.2) is 263 Å². The molecule has 0 unspecified atom stereocenters. The van der Waals surface area contributed by atoms with Gasteiger partial charge in [-0.1, -0.05) is 123 Å². The number of carbonyl (C=O) groups is 4. The number of carbonyl (C=O) groups excluding carboxylic acids is 4. The molecule has 3 aliphatic heterocycles. The van der Waals surface area contributed by atoms with E-state index in [-0.39, 0.29) is 74.5 Å². The molecular weight excluding hydrogens is 1940 g/mol. The molecule has 4 N–H and O–H groups in total. The molecule has 3 aliphatic rings. The summed E-state index contributed by atoms with van der Waals surface area (Å²) in [7, 11) is 1.16. The first-order chi connectivity index (χ1) is 66.7. The smallest absolute Gasteiger partial charge is 0.243 e. The van der Waals surface area contributed by atoms with Crippen molar-refractivity contribution in [3.63, 3.8) is 0 Å². The molecular formula is C96H94F8N18O12S6. The molecule has 140 heavy (non-hydrogen) atoms. The number of likely N-dealkylation sites (tertiary alicyclic amines) is 1. The highest BCUT2D eigenvalue weighted by molar-refractivity contribution is 8.00. The number of aliphatic hydroxyl groups is 4. The minimum atomic E-state index is -3.77. The number of hydrogen-bond acceptors (Lipinski definition) is 28. The number of rotatable bonds is 29. The number of aliphatic hydroxyl groups excluding tert-OH is 4. The van der Waals surface area contributed by atoms with Gasteiger partial charge in [-0.2, -0.15) is 8.61 Å². The molecule has 14 aromatic rings. The average Bonchev–Trinajstić information content (AvgIpc) is 1.51. The van der Waals surface area contributed by atoms with Gasteiger partial charge < -0.3 is 43.6 Å². The van der Waals surface area contributed by atoms with Crippen LogP contribution in [0.4, 0.5) is 35.1 Å². The molecule has 44 heteroatoms. The van der Waals surface area contributed by atoms with Gasteiger partial charge in [0.15, 0.2) is 61.2 Å². The normalized spacial score (nSPS) is 14.3. The molecule has 0 radical (unpaired) electrons. The minimum absolute atomic E-state index is 0. The highest BCUT2D eigenvalue weighted by atomic mass is 32.2. The summed E-state index contributed by atoms with van der Waals surface area (Å²) in [6, 6.07) is 53.9. The fourth-order valence-corrected chi connectivity index (χ4v) is 21.6. The molecule has 5 aromatic heterocycles. The lowest BCUT2D eigenvalue weighted by Gasteiger charge is -2.41. The first kappa shape index (κ1) is 105. The third kappa shape index (κ3) is 24.3. The van der Waals surface area contributed by atoms with Gasteiger partial charge in [-0.25, -0.2) is 52.0 Å². The Balaban J connectivity index is 0.000000159. The number of hydrogen-bond donors (Lipinski definition) is 4. The molecule has 0 saturated carbocycles. The molecule has 30 nitrogen and oxygen atoms in total. The number of sulfonamides is 2. The molecule has 8 heterocycles. The van der Waals surface area contributed by atoms with E-state index in [0.29, 0.717) is 115 Å². The van der Waals surface area contributed by atoms with Gasteiger partial charge in [0.25, 0.3) is 0 Å². The number of Topliss-reactive ketones (excluding diaryl/α,β-unsaturated/α-hetero) is 4. The van der Waals surface area contributed by atoms with E-state index in [4.69, 9.17) is 20.4 Å². The Morgan fingerprint density at radius 2 is 0.657 bits per heavy atom. The van der Waals surface area contributed by atoms with Crippen molar-refractivity contribution >= 4 is 90.2 Å². The van der Waals surface area contributed by atoms with Gasteiger partial charge in [-0.05, 0) is 182 Å². The molecule has 0 atom stereocenters. The monoisotopic (exact) mass is 2030 g/mol. The number of piperazine rings is 2. The standard InChI is InChI=1S/C29H28F2N4O2S.C28H27F2N5O4S2.C22H23F2N5O4S2.C16H12F2N4O2S.CH4/c1-34-27(32-33-28(34)38-26-23(30)16-21(17-24(26)31)25(37)19-36)29(22-10-6-3-7-11-22)12-14-35(15-13-29)18-20-8-4-2-5-9-20;1-33-27(31-32-28(33)40-26-23(29)15-21(16-24(26)30)25(37)18-36)20-8-5-9-22(14-20)41(38,39)35-12-10-34(11-13-35)17-19-6-3-2-4-7-19;1-27-6-8-29(9-7-27)35(32,33)16-5-3-4-14(10-16)21-25-26-22(28(21)2)34-20-17(23)11-15(12-18(20)24)19(31)13-30;1-22-15(9-3-2-4-19-7-9)20-21-16(22)25-14-11(17)5-10(6-12(14)18)13(24)8-23;/h2-11,16-17,36H,12-15,18-19H2,1H3;2-9,14-16,36H,10-13,17-18H2,1H3;3-5,10-12,30H,6-9,13H2,1-2H3;2-7,23H,8H2,1H3;1H4. The Morgan fingerprint density at radius 3 is 0.993 bits per heavy atom. The Kier molecular flexibility index (Phi) is 35.2. The number of aromatic nitrogens is 13. The quantitative estimate of drug-likeness (QED) is 0.0250. The summed E-state index contributed by atoms with van der Waals surface area (Å²) in [4.78, 5) is 55.9. The van der Waals surface area contributed by atoms with Crippen LogP contribution < -0.4 is 0 Å². The number of piperidine rings is 1. The first-order valence-corrected chi connectivity index (χ1v) is 49.1. The molecule has 0 spiro atoms. The molecule has 17 rings (SSSR count). The fourth-order valence-electron chi connectivity index (χ4n) is 15.5. The summed E-state index contributed by atoms with van der Waals surface area (Å²) in [5.41, 5.74) is 3.86. The predicted molar refractivity (Wildman–Crippen MR) is 507 cm³/mol. The molecule has 0 bridgehead atoms. The Morgan fingerprint density at radius 1 is 0.350 bits per heavy atom. The number of nitrogens with zero attached hydrogens (tertiary/aromatic N) is 18. The third-order valence-corrected chi connectivity index (χ3v) is 31.4. The summed E-state index contributed by atoms with van der Waals surface area (Å²) in [6.07, 6.45) is 4.87. The SMILES string of the molecule is C.CN1CCN(S(=O)(=O)c2cccc(-c3nnc(Sc4c(F)cc(C(=O)CO)cc4F)n3C)c2)CC1.Cn1c(Sc2c(F)cc(C(=O)CO)cc2F)nnc1-c1cccc(S(=O)(=O)N2CCN(Cc3ccccc3)CC2)c1.Cn1c(Sc2c(F)cc(C(=O)CO)cc2F)nnc1-c1cccnc1.Cn1c(Sc2c(F)cc(C(=O)CO)cc2F)nnc1C1(c2ccccc2)CCN(Cc2ccccc2)CC1. The van der Waals surface area contributed by atoms with Crippen LogP contribution in [0, 0.1) is 46.5 Å². The van der Waals surface area contributed by atoms with Gasteiger partial charge in [-0.3, -0.25) is 34.0 Å². The minimum Gasteiger partial charge on any atom is -0.388 e. The average molecular weight is 2040 g/mol. The molecule has 9 aromatic carbocycles. The van der Waals surface area contributed by atoms with Crippen LogP contribution in [0.5, 0.6) is 0 Å². The van der Waals surface area contributed by atoms with Crippen LogP contribution in [0.25, 0.3) is 34.2 Å². The van der Waals surface area contributed by atoms with Gasteiger partial charge in [0.1, 0.15) is 78.8 Å². The Hall–Kier alpha value is -12.3. The van der Waals surface area contributed by atoms with Crippen LogP contribution in [-0.2, 0) is 66.7 Å². The second-order valence-corrected chi connectivity index (χ2v) is 39.9. The molecule has 3 fully saturated rings. The summed E-state index contributed by atoms with van der Waals surface area (Å²) in [6.45, 7) is 4.04. The predicted octanol–water partition coefficient (Wildman–Crippen LogP) is 13.7. The fraction of sp³-hybridized carbons (Fsp3) is 0.260. The van der Waals surface area contributed by atoms with E-state index in [0.717, 1.165) is 122 Å². The van der Waals surface area contributed by atoms with Gasteiger partial charge >= 0.3 is 0 Å². The highest BCUT2D eigenvalue weighted by Crippen LogP contribution is 2.45. The third-order valence-electron chi connectivity index (χ3n) is 23.1. The van der Waals surface area contributed by atoms with E-state index >= 15 is 0 Å². The van der Waals surface area contributed by atoms with E-state index in [1.54, 1.807) is 74.5 Å². The number of ketones is 4. The van der Waals surface area contributed by atoms with E-state index in [9.17, 15) is 71.1 Å². The molecule has 732 valence electrons. The lowest BCUT2D eigenvalue weighted by Crippen LogP contribution is -2.48. The van der Waals surface area contributed by atoms with E-state index in [1.165, 1.54) is 53.1 Å². The maximum Gasteiger partial charge on any atom is 0.243 e. The number of halogens is 8. The van der Waals surface area contributed by atoms with Gasteiger partial charge in [-0.15, -0.1) is 40.8 Å². The Labute approximate surface area is 817 Å². The van der Waals surface area contributed by atoms with Crippen molar-refractivity contribution in [1.29, 1.82) is 0 Å². The van der Waals surface area contributed by atoms with Crippen LogP contribution in [-0.4, -0.2) is 247 Å². The van der Waals surface area contributed by atoms with Crippen molar-refractivity contribution in [3.8, 4) is 34.2 Å². The first-order valence-electron chi connectivity index (χ1n) is 42.9. The number of benzene rings is 9. The van der Waals surface area contributed by atoms with Crippen LogP contribution in [0.3, 0.4) is 0 Å². The maximum absolute atomic E-state index is 14.8. The highest BCUT2D eigenvalue weighted by Gasteiger charge is 2.43. The second-order valence-electron chi connectivity index (χ2n) is 32.2. The van der Waals surface area contributed by atoms with Gasteiger partial charge in [0, 0.05) is 145 Å². The summed E-state index contributed by atoms with van der Waals surface area (Å²) >= 11 is 2.94. The lowest BCUT2D eigenvalue weighted by atomic mass is 9.72. The summed E-state index contributed by atoms with van der Waals surface area (Å²) in [5, 5.41) is 69.7. The van der Waals surface area contributed by atoms with Crippen molar-refractivity contribution < 1.29 is 91.6 Å². The molecule has 3 saturated heterocycles. The van der Waals surface area contributed by atoms with Crippen molar-refractivity contribution in [2.75, 3.05) is 98.9 Å². The molecule has 0 amide bonds. The van der Waals surface area contributed by atoms with Crippen molar-refractivity contribution in [2.45, 2.75) is 88.8 Å². The van der Waals surface area contributed by atoms with E-state index in [1.807, 2.05) is 61.1 Å². The summed E-state index contributed by atoms with van der Waals surface area (Å²) < 4.78 is 179. The van der Waals surface area contributed by atoms with Gasteiger partial charge in [0.05, 0.1) is 34.8 Å². The molecule has 0 aliphatic carbocycles. The van der Waals surface area contributed by atoms with Crippen LogP contribution >= 0.6 is 47.0 Å². The van der Waals surface area contributed by atoms with E-state index in [2.05, 4.69) is 109 Å². The summed E-state index contributed by atoms with van der Waals surface area (Å²) in [5.74, 6) is -8.73. The van der Waals surface area contributed by atoms with Crippen molar-refractivity contribution in [3.05, 3.63) is 304 Å². The zero-order valence-corrected chi connectivity index (χ0v) is 79.9. The van der Waals surface area contributed by atoms with Crippen LogP contribution in [0.1, 0.15) is 84.2 Å². The van der Waals surface area contributed by atoms with Crippen LogP contribution in [0.2, 0.25) is 0 Å². The van der Waals surface area contributed by atoms with Crippen molar-refractivity contribution in [2.24, 2.45) is 28.2 Å². The second kappa shape index (κ2) is 46.9. The van der Waals surface area contributed by atoms with Crippen molar-refractivity contribution in [1.82, 2.24) is 87.4 Å². The largest absolute Gasteiger partial charge is 0.388 e. The van der Waals surface area contributed by atoms with Gasteiger partial charge in [0.2, 0.25) is 20.0 Å². The maximum atomic E-state index is 14.8. The Bertz CT molecular complexity index is 6950. The zero-order valence-electron chi connectivity index (χ0n) is 75.0. The topological polar surface area (TPSA) is 369 Å². The van der Waals surface area contributed by atoms with E-state index < -0.39 is 122 Å². The number of pyridine rings is 1. The number of likely N-dealkylation sites (N-methyl/N-ethyl adjacent to an activating group) is 1.